The highest BCUT2D eigenvalue weighted by molar-refractivity contribution is 5.76. The normalized spacial score (nSPS) is 10.7. The molecule has 1 N–H and O–H groups in total. The van der Waals surface area contributed by atoms with E-state index in [1.54, 1.807) is 14.2 Å². The van der Waals surface area contributed by atoms with Crippen LogP contribution in [0, 0.1) is 0 Å². The molecule has 1 amide bonds. The lowest BCUT2D eigenvalue weighted by Crippen LogP contribution is -2.23. The second kappa shape index (κ2) is 9.82. The lowest BCUT2D eigenvalue weighted by Gasteiger charge is -2.11. The average Bonchev–Trinajstić information content (AvgIpc) is 2.65. The fourth-order valence-corrected chi connectivity index (χ4v) is 2.71. The molecule has 2 aromatic carbocycles. The number of aryl methyl sites for hydroxylation is 1. The van der Waals surface area contributed by atoms with Crippen molar-refractivity contribution < 1.29 is 14.3 Å². The minimum absolute atomic E-state index is 0.0390. The third kappa shape index (κ3) is 6.08. The van der Waals surface area contributed by atoms with Crippen LogP contribution in [0.1, 0.15) is 23.1 Å². The third-order valence-corrected chi connectivity index (χ3v) is 4.10. The molecule has 0 bridgehead atoms. The molecule has 5 heteroatoms. The van der Waals surface area contributed by atoms with Crippen molar-refractivity contribution in [2.45, 2.75) is 25.9 Å². The zero-order chi connectivity index (χ0) is 18.9. The Balaban J connectivity index is 1.80. The monoisotopic (exact) mass is 356 g/mol. The van der Waals surface area contributed by atoms with Crippen LogP contribution in [0.2, 0.25) is 0 Å². The summed E-state index contributed by atoms with van der Waals surface area (Å²) in [6, 6.07) is 14.1. The van der Waals surface area contributed by atoms with Crippen LogP contribution < -0.4 is 14.8 Å². The predicted octanol–water partition coefficient (Wildman–Crippen LogP) is 3.01. The molecule has 0 radical (unpaired) electrons. The van der Waals surface area contributed by atoms with Gasteiger partial charge in [0.2, 0.25) is 5.91 Å². The van der Waals surface area contributed by atoms with E-state index in [0.29, 0.717) is 30.9 Å². The van der Waals surface area contributed by atoms with Gasteiger partial charge in [0.25, 0.3) is 0 Å². The van der Waals surface area contributed by atoms with Crippen LogP contribution in [0.25, 0.3) is 0 Å². The van der Waals surface area contributed by atoms with Gasteiger partial charge in [-0.25, -0.2) is 0 Å². The Morgan fingerprint density at radius 1 is 0.923 bits per heavy atom. The van der Waals surface area contributed by atoms with Crippen molar-refractivity contribution in [3.05, 3.63) is 59.2 Å². The zero-order valence-electron chi connectivity index (χ0n) is 16.0. The lowest BCUT2D eigenvalue weighted by molar-refractivity contribution is -0.121. The quantitative estimate of drug-likeness (QED) is 0.750. The van der Waals surface area contributed by atoms with Crippen molar-refractivity contribution in [3.8, 4) is 11.5 Å². The summed E-state index contributed by atoms with van der Waals surface area (Å²) in [5.41, 5.74) is 3.41. The molecule has 5 nitrogen and oxygen atoms in total. The van der Waals surface area contributed by atoms with Gasteiger partial charge in [0.15, 0.2) is 11.5 Å². The molecule has 0 heterocycles. The molecule has 0 spiro atoms. The number of benzene rings is 2. The van der Waals surface area contributed by atoms with Crippen molar-refractivity contribution in [2.24, 2.45) is 0 Å². The van der Waals surface area contributed by atoms with Gasteiger partial charge in [-0.15, -0.1) is 0 Å². The number of rotatable bonds is 9. The molecule has 0 aromatic heterocycles. The molecule has 0 aliphatic heterocycles. The van der Waals surface area contributed by atoms with E-state index in [1.165, 1.54) is 5.56 Å². The highest BCUT2D eigenvalue weighted by atomic mass is 16.5. The molecule has 0 aliphatic carbocycles. The van der Waals surface area contributed by atoms with Gasteiger partial charge in [0.1, 0.15) is 0 Å². The number of amides is 1. The summed E-state index contributed by atoms with van der Waals surface area (Å²) >= 11 is 0. The lowest BCUT2D eigenvalue weighted by atomic mass is 10.1. The summed E-state index contributed by atoms with van der Waals surface area (Å²) < 4.78 is 10.5. The Labute approximate surface area is 155 Å². The van der Waals surface area contributed by atoms with Crippen LogP contribution >= 0.6 is 0 Å². The minimum Gasteiger partial charge on any atom is -0.493 e. The van der Waals surface area contributed by atoms with Crippen LogP contribution in [-0.4, -0.2) is 39.1 Å². The van der Waals surface area contributed by atoms with Crippen molar-refractivity contribution in [3.63, 3.8) is 0 Å². The first kappa shape index (κ1) is 19.8. The van der Waals surface area contributed by atoms with E-state index in [-0.39, 0.29) is 5.91 Å². The number of carbonyl (C=O) groups is 1. The van der Waals surface area contributed by atoms with Crippen molar-refractivity contribution in [1.29, 1.82) is 0 Å². The Hall–Kier alpha value is -2.53. The number of nitrogens with zero attached hydrogens (tertiary/aromatic N) is 1. The van der Waals surface area contributed by atoms with Crippen molar-refractivity contribution >= 4 is 5.91 Å². The van der Waals surface area contributed by atoms with E-state index in [4.69, 9.17) is 9.47 Å². The maximum Gasteiger partial charge on any atom is 0.220 e. The molecular weight excluding hydrogens is 328 g/mol. The molecular formula is C21H28N2O3. The number of methoxy groups -OCH3 is 2. The van der Waals surface area contributed by atoms with Crippen molar-refractivity contribution in [2.75, 3.05) is 28.3 Å². The molecule has 0 saturated carbocycles. The van der Waals surface area contributed by atoms with Gasteiger partial charge in [-0.2, -0.15) is 0 Å². The first-order valence-corrected chi connectivity index (χ1v) is 8.72. The van der Waals surface area contributed by atoms with Gasteiger partial charge in [-0.1, -0.05) is 30.3 Å². The Bertz CT molecular complexity index is 712. The van der Waals surface area contributed by atoms with Gasteiger partial charge in [-0.3, -0.25) is 4.79 Å². The molecule has 26 heavy (non-hydrogen) atoms. The number of carbonyl (C=O) groups excluding carboxylic acids is 1. The molecule has 0 saturated heterocycles. The SMILES string of the molecule is COc1ccc(CCC(=O)NCc2ccc(CN(C)C)cc2)cc1OC. The van der Waals surface area contributed by atoms with Crippen LogP contribution in [0.15, 0.2) is 42.5 Å². The average molecular weight is 356 g/mol. The molecule has 0 aliphatic rings. The van der Waals surface area contributed by atoms with E-state index >= 15 is 0 Å². The fraction of sp³-hybridized carbons (Fsp3) is 0.381. The van der Waals surface area contributed by atoms with Crippen LogP contribution in [0.4, 0.5) is 0 Å². The van der Waals surface area contributed by atoms with Crippen LogP contribution in [-0.2, 0) is 24.3 Å². The van der Waals surface area contributed by atoms with E-state index < -0.39 is 0 Å². The maximum atomic E-state index is 12.1. The first-order valence-electron chi connectivity index (χ1n) is 8.72. The zero-order valence-corrected chi connectivity index (χ0v) is 16.0. The molecule has 0 fully saturated rings. The van der Waals surface area contributed by atoms with Gasteiger partial charge in [0.05, 0.1) is 14.2 Å². The predicted molar refractivity (Wildman–Crippen MR) is 104 cm³/mol. The molecule has 0 unspecified atom stereocenters. The summed E-state index contributed by atoms with van der Waals surface area (Å²) in [7, 11) is 7.31. The molecule has 0 atom stereocenters. The number of nitrogens with one attached hydrogen (secondary N) is 1. The van der Waals surface area contributed by atoms with E-state index in [0.717, 1.165) is 17.7 Å². The topological polar surface area (TPSA) is 50.8 Å². The second-order valence-electron chi connectivity index (χ2n) is 6.52. The first-order chi connectivity index (χ1) is 12.5. The Morgan fingerprint density at radius 3 is 2.15 bits per heavy atom. The largest absolute Gasteiger partial charge is 0.493 e. The van der Waals surface area contributed by atoms with E-state index in [2.05, 4.69) is 34.5 Å². The van der Waals surface area contributed by atoms with Gasteiger partial charge in [0, 0.05) is 19.5 Å². The summed E-state index contributed by atoms with van der Waals surface area (Å²) in [6.07, 6.45) is 1.10. The number of hydrogen-bond acceptors (Lipinski definition) is 4. The highest BCUT2D eigenvalue weighted by Gasteiger charge is 2.07. The van der Waals surface area contributed by atoms with E-state index in [1.807, 2.05) is 32.3 Å². The third-order valence-electron chi connectivity index (χ3n) is 4.10. The van der Waals surface area contributed by atoms with Crippen molar-refractivity contribution in [1.82, 2.24) is 10.2 Å². The standard InChI is InChI=1S/C21H28N2O3/c1-23(2)15-18-7-5-17(6-8-18)14-22-21(24)12-10-16-9-11-19(25-3)20(13-16)26-4/h5-9,11,13H,10,12,14-15H2,1-4H3,(H,22,24). The molecule has 2 rings (SSSR count). The second-order valence-corrected chi connectivity index (χ2v) is 6.52. The molecule has 2 aromatic rings. The summed E-state index contributed by atoms with van der Waals surface area (Å²) in [4.78, 5) is 14.2. The fourth-order valence-electron chi connectivity index (χ4n) is 2.71. The van der Waals surface area contributed by atoms with Crippen LogP contribution in [0.3, 0.4) is 0 Å². The summed E-state index contributed by atoms with van der Waals surface area (Å²) in [5.74, 6) is 1.42. The minimum atomic E-state index is 0.0390. The summed E-state index contributed by atoms with van der Waals surface area (Å²) in [5, 5.41) is 2.98. The van der Waals surface area contributed by atoms with Gasteiger partial charge in [-0.05, 0) is 49.3 Å². The van der Waals surface area contributed by atoms with Crippen LogP contribution in [0.5, 0.6) is 11.5 Å². The number of hydrogen-bond donors (Lipinski definition) is 1. The molecule has 140 valence electrons. The number of ether oxygens (including phenoxy) is 2. The summed E-state index contributed by atoms with van der Waals surface area (Å²) in [6.45, 7) is 1.46. The highest BCUT2D eigenvalue weighted by Crippen LogP contribution is 2.27. The Kier molecular flexibility index (Phi) is 7.48. The smallest absolute Gasteiger partial charge is 0.220 e. The van der Waals surface area contributed by atoms with E-state index in [9.17, 15) is 4.79 Å². The Morgan fingerprint density at radius 2 is 1.54 bits per heavy atom. The van der Waals surface area contributed by atoms with Gasteiger partial charge < -0.3 is 19.7 Å². The van der Waals surface area contributed by atoms with Gasteiger partial charge >= 0.3 is 0 Å². The maximum absolute atomic E-state index is 12.1.